The van der Waals surface area contributed by atoms with Gasteiger partial charge in [0.15, 0.2) is 5.82 Å². The summed E-state index contributed by atoms with van der Waals surface area (Å²) < 4.78 is 14.8. The molecule has 2 aromatic heterocycles. The van der Waals surface area contributed by atoms with Crippen LogP contribution >= 0.6 is 11.6 Å². The lowest BCUT2D eigenvalue weighted by molar-refractivity contribution is 0.0955. The molecule has 6 nitrogen and oxygen atoms in total. The fraction of sp³-hybridized carbons (Fsp3) is 0.118. The Labute approximate surface area is 148 Å². The second-order valence-electron chi connectivity index (χ2n) is 5.17. The van der Waals surface area contributed by atoms with Crippen molar-refractivity contribution in [2.24, 2.45) is 0 Å². The molecule has 0 unspecified atom stereocenters. The summed E-state index contributed by atoms with van der Waals surface area (Å²) >= 11 is 5.85. The maximum absolute atomic E-state index is 13.0. The Hall–Kier alpha value is -2.93. The number of nitrogens with one attached hydrogen (secondary N) is 2. The molecule has 0 aliphatic rings. The molecule has 128 valence electrons. The summed E-state index contributed by atoms with van der Waals surface area (Å²) in [7, 11) is 0. The maximum Gasteiger partial charge on any atom is 0.252 e. The standard InChI is InChI=1S/C17H15ClFN5O/c18-14-11-12(19)3-4-13(14)17(25)21-8-7-20-15-5-6-16(23-22-15)24-9-1-2-10-24/h1-6,9-11H,7-8H2,(H,20,22)(H,21,25). The van der Waals surface area contributed by atoms with Gasteiger partial charge in [0, 0.05) is 25.5 Å². The highest BCUT2D eigenvalue weighted by Crippen LogP contribution is 2.16. The molecule has 0 aliphatic carbocycles. The maximum atomic E-state index is 13.0. The van der Waals surface area contributed by atoms with E-state index in [0.29, 0.717) is 18.9 Å². The number of anilines is 1. The van der Waals surface area contributed by atoms with E-state index in [4.69, 9.17) is 11.6 Å². The van der Waals surface area contributed by atoms with E-state index >= 15 is 0 Å². The molecule has 8 heteroatoms. The fourth-order valence-corrected chi connectivity index (χ4v) is 2.43. The molecular formula is C17H15ClFN5O. The van der Waals surface area contributed by atoms with Gasteiger partial charge in [-0.1, -0.05) is 11.6 Å². The Bertz CT molecular complexity index is 852. The van der Waals surface area contributed by atoms with Crippen molar-refractivity contribution in [2.75, 3.05) is 18.4 Å². The van der Waals surface area contributed by atoms with Gasteiger partial charge >= 0.3 is 0 Å². The molecule has 1 amide bonds. The molecule has 0 aliphatic heterocycles. The van der Waals surface area contributed by atoms with E-state index in [0.717, 1.165) is 11.9 Å². The van der Waals surface area contributed by atoms with Crippen LogP contribution < -0.4 is 10.6 Å². The van der Waals surface area contributed by atoms with Gasteiger partial charge in [-0.05, 0) is 42.5 Å². The molecule has 2 heterocycles. The Kier molecular flexibility index (Phi) is 5.25. The minimum Gasteiger partial charge on any atom is -0.367 e. The molecule has 0 fully saturated rings. The van der Waals surface area contributed by atoms with E-state index in [1.54, 1.807) is 6.07 Å². The number of halogens is 2. The van der Waals surface area contributed by atoms with Crippen LogP contribution in [0.3, 0.4) is 0 Å². The molecule has 25 heavy (non-hydrogen) atoms. The van der Waals surface area contributed by atoms with Crippen LogP contribution in [0.4, 0.5) is 10.2 Å². The van der Waals surface area contributed by atoms with Gasteiger partial charge in [-0.3, -0.25) is 4.79 Å². The number of benzene rings is 1. The molecule has 3 aromatic rings. The third kappa shape index (κ3) is 4.33. The fourth-order valence-electron chi connectivity index (χ4n) is 2.18. The van der Waals surface area contributed by atoms with Crippen molar-refractivity contribution in [3.05, 3.63) is 71.3 Å². The predicted molar refractivity (Wildman–Crippen MR) is 93.6 cm³/mol. The van der Waals surface area contributed by atoms with Gasteiger partial charge < -0.3 is 15.2 Å². The molecule has 3 rings (SSSR count). The number of hydrogen-bond acceptors (Lipinski definition) is 4. The molecule has 0 saturated heterocycles. The van der Waals surface area contributed by atoms with Crippen LogP contribution in [0.5, 0.6) is 0 Å². The van der Waals surface area contributed by atoms with Gasteiger partial charge in [0.2, 0.25) is 0 Å². The third-order valence-electron chi connectivity index (χ3n) is 3.41. The van der Waals surface area contributed by atoms with Gasteiger partial charge in [0.25, 0.3) is 5.91 Å². The molecule has 0 bridgehead atoms. The first kappa shape index (κ1) is 16.9. The number of carbonyl (C=O) groups is 1. The Morgan fingerprint density at radius 2 is 1.92 bits per heavy atom. The minimum atomic E-state index is -0.481. The summed E-state index contributed by atoms with van der Waals surface area (Å²) in [5.74, 6) is 0.478. The van der Waals surface area contributed by atoms with Crippen LogP contribution in [-0.4, -0.2) is 33.8 Å². The van der Waals surface area contributed by atoms with E-state index in [1.807, 2.05) is 35.2 Å². The van der Waals surface area contributed by atoms with Crippen LogP contribution in [0.25, 0.3) is 5.82 Å². The first-order chi connectivity index (χ1) is 12.1. The normalized spacial score (nSPS) is 10.5. The highest BCUT2D eigenvalue weighted by Gasteiger charge is 2.10. The van der Waals surface area contributed by atoms with E-state index in [2.05, 4.69) is 20.8 Å². The van der Waals surface area contributed by atoms with Crippen molar-refractivity contribution >= 4 is 23.3 Å². The average Bonchev–Trinajstić information content (AvgIpc) is 3.13. The van der Waals surface area contributed by atoms with Crippen molar-refractivity contribution in [1.82, 2.24) is 20.1 Å². The van der Waals surface area contributed by atoms with Gasteiger partial charge in [0.05, 0.1) is 10.6 Å². The molecule has 1 aromatic carbocycles. The van der Waals surface area contributed by atoms with Gasteiger partial charge in [0.1, 0.15) is 11.6 Å². The molecule has 0 radical (unpaired) electrons. The molecular weight excluding hydrogens is 345 g/mol. The Balaban J connectivity index is 1.47. The van der Waals surface area contributed by atoms with Crippen molar-refractivity contribution < 1.29 is 9.18 Å². The zero-order valence-corrected chi connectivity index (χ0v) is 13.9. The van der Waals surface area contributed by atoms with E-state index in [-0.39, 0.29) is 16.5 Å². The van der Waals surface area contributed by atoms with E-state index < -0.39 is 5.82 Å². The number of aromatic nitrogens is 3. The van der Waals surface area contributed by atoms with E-state index in [1.165, 1.54) is 12.1 Å². The lowest BCUT2D eigenvalue weighted by atomic mass is 10.2. The quantitative estimate of drug-likeness (QED) is 0.664. The van der Waals surface area contributed by atoms with Crippen LogP contribution in [0.15, 0.2) is 54.9 Å². The number of carbonyl (C=O) groups excluding carboxylic acids is 1. The highest BCUT2D eigenvalue weighted by molar-refractivity contribution is 6.33. The smallest absolute Gasteiger partial charge is 0.252 e. The number of nitrogens with zero attached hydrogens (tertiary/aromatic N) is 3. The molecule has 0 atom stereocenters. The third-order valence-corrected chi connectivity index (χ3v) is 3.72. The highest BCUT2D eigenvalue weighted by atomic mass is 35.5. The number of amides is 1. The molecule has 0 saturated carbocycles. The first-order valence-electron chi connectivity index (χ1n) is 7.58. The van der Waals surface area contributed by atoms with Crippen molar-refractivity contribution in [3.8, 4) is 5.82 Å². The second kappa shape index (κ2) is 7.76. The van der Waals surface area contributed by atoms with Crippen molar-refractivity contribution in [1.29, 1.82) is 0 Å². The average molecular weight is 360 g/mol. The van der Waals surface area contributed by atoms with Crippen LogP contribution in [0.2, 0.25) is 5.02 Å². The Morgan fingerprint density at radius 3 is 2.60 bits per heavy atom. The van der Waals surface area contributed by atoms with Gasteiger partial charge in [-0.15, -0.1) is 10.2 Å². The summed E-state index contributed by atoms with van der Waals surface area (Å²) in [5, 5.41) is 14.0. The van der Waals surface area contributed by atoms with Crippen molar-refractivity contribution in [3.63, 3.8) is 0 Å². The SMILES string of the molecule is O=C(NCCNc1ccc(-n2cccc2)nn1)c1ccc(F)cc1Cl. The zero-order valence-electron chi connectivity index (χ0n) is 13.1. The summed E-state index contributed by atoms with van der Waals surface area (Å²) in [4.78, 5) is 12.0. The minimum absolute atomic E-state index is 0.0805. The van der Waals surface area contributed by atoms with Crippen LogP contribution in [0, 0.1) is 5.82 Å². The second-order valence-corrected chi connectivity index (χ2v) is 5.58. The first-order valence-corrected chi connectivity index (χ1v) is 7.95. The largest absolute Gasteiger partial charge is 0.367 e. The number of rotatable bonds is 6. The predicted octanol–water partition coefficient (Wildman–Crippen LogP) is 2.90. The summed E-state index contributed by atoms with van der Waals surface area (Å²) in [6.45, 7) is 0.815. The van der Waals surface area contributed by atoms with Crippen LogP contribution in [0.1, 0.15) is 10.4 Å². The van der Waals surface area contributed by atoms with Gasteiger partial charge in [-0.25, -0.2) is 4.39 Å². The van der Waals surface area contributed by atoms with Crippen molar-refractivity contribution in [2.45, 2.75) is 0 Å². The summed E-state index contributed by atoms with van der Waals surface area (Å²) in [6, 6.07) is 11.1. The lowest BCUT2D eigenvalue weighted by Gasteiger charge is -2.08. The van der Waals surface area contributed by atoms with E-state index in [9.17, 15) is 9.18 Å². The lowest BCUT2D eigenvalue weighted by Crippen LogP contribution is -2.29. The molecule has 2 N–H and O–H groups in total. The monoisotopic (exact) mass is 359 g/mol. The number of hydrogen-bond donors (Lipinski definition) is 2. The van der Waals surface area contributed by atoms with Crippen LogP contribution in [-0.2, 0) is 0 Å². The molecule has 0 spiro atoms. The zero-order chi connectivity index (χ0) is 17.6. The topological polar surface area (TPSA) is 71.8 Å². The summed E-state index contributed by atoms with van der Waals surface area (Å²) in [5.41, 5.74) is 0.235. The summed E-state index contributed by atoms with van der Waals surface area (Å²) in [6.07, 6.45) is 3.76. The Morgan fingerprint density at radius 1 is 1.12 bits per heavy atom. The van der Waals surface area contributed by atoms with Gasteiger partial charge in [-0.2, -0.15) is 0 Å².